The normalized spacial score (nSPS) is 30.1. The summed E-state index contributed by atoms with van der Waals surface area (Å²) in [7, 11) is 0. The first kappa shape index (κ1) is 16.2. The fraction of sp³-hybridized carbons (Fsp3) is 0.706. The Kier molecular flexibility index (Phi) is 4.80. The molecule has 2 heterocycles. The molecular formula is C17H26N4O2. The van der Waals surface area contributed by atoms with Crippen LogP contribution in [0.2, 0.25) is 0 Å². The second-order valence-electron chi connectivity index (χ2n) is 6.91. The molecule has 3 rings (SSSR count). The number of rotatable bonds is 4. The van der Waals surface area contributed by atoms with Crippen molar-refractivity contribution < 1.29 is 9.90 Å². The minimum absolute atomic E-state index is 0.0720. The number of carbonyl (C=O) groups is 1. The number of aliphatic hydroxyl groups is 1. The smallest absolute Gasteiger partial charge is 0.225 e. The monoisotopic (exact) mass is 318 g/mol. The van der Waals surface area contributed by atoms with Crippen molar-refractivity contribution in [2.75, 3.05) is 18.0 Å². The van der Waals surface area contributed by atoms with Gasteiger partial charge in [0.25, 0.3) is 0 Å². The van der Waals surface area contributed by atoms with E-state index in [1.165, 1.54) is 12.5 Å². The van der Waals surface area contributed by atoms with Crippen LogP contribution in [0.1, 0.15) is 38.7 Å². The summed E-state index contributed by atoms with van der Waals surface area (Å²) in [6.07, 6.45) is 7.06. The molecule has 0 bridgehead atoms. The van der Waals surface area contributed by atoms with E-state index < -0.39 is 6.10 Å². The van der Waals surface area contributed by atoms with Gasteiger partial charge >= 0.3 is 0 Å². The van der Waals surface area contributed by atoms with Gasteiger partial charge in [0, 0.05) is 32.4 Å². The van der Waals surface area contributed by atoms with Gasteiger partial charge in [-0.05, 0) is 36.7 Å². The largest absolute Gasteiger partial charge is 0.391 e. The van der Waals surface area contributed by atoms with Crippen LogP contribution in [0.3, 0.4) is 0 Å². The molecule has 6 heteroatoms. The van der Waals surface area contributed by atoms with Gasteiger partial charge in [0.05, 0.1) is 12.1 Å². The third kappa shape index (κ3) is 3.63. The molecule has 126 valence electrons. The number of aryl methyl sites for hydroxylation is 1. The van der Waals surface area contributed by atoms with E-state index >= 15 is 0 Å². The molecule has 6 nitrogen and oxygen atoms in total. The Hall–Kier alpha value is -1.69. The zero-order valence-electron chi connectivity index (χ0n) is 13.9. The van der Waals surface area contributed by atoms with Crippen molar-refractivity contribution >= 4 is 11.9 Å². The molecule has 0 aromatic carbocycles. The summed E-state index contributed by atoms with van der Waals surface area (Å²) < 4.78 is 0. The molecule has 2 N–H and O–H groups in total. The van der Waals surface area contributed by atoms with Crippen LogP contribution in [0.5, 0.6) is 0 Å². The molecule has 1 aliphatic carbocycles. The van der Waals surface area contributed by atoms with Crippen LogP contribution in [-0.2, 0) is 11.2 Å². The average Bonchev–Trinajstić information content (AvgIpc) is 2.91. The topological polar surface area (TPSA) is 78.4 Å². The lowest BCUT2D eigenvalue weighted by Gasteiger charge is -2.35. The van der Waals surface area contributed by atoms with Gasteiger partial charge in [0.1, 0.15) is 0 Å². The van der Waals surface area contributed by atoms with Crippen molar-refractivity contribution in [1.29, 1.82) is 0 Å². The Bertz CT molecular complexity index is 548. The lowest BCUT2D eigenvalue weighted by atomic mass is 9.77. The predicted molar refractivity (Wildman–Crippen MR) is 88.1 cm³/mol. The number of carbonyl (C=O) groups excluding carboxylic acids is 1. The van der Waals surface area contributed by atoms with Crippen molar-refractivity contribution in [3.63, 3.8) is 0 Å². The fourth-order valence-corrected chi connectivity index (χ4v) is 3.94. The molecule has 0 unspecified atom stereocenters. The van der Waals surface area contributed by atoms with Crippen LogP contribution < -0.4 is 10.2 Å². The molecule has 4 atom stereocenters. The van der Waals surface area contributed by atoms with E-state index in [2.05, 4.69) is 27.1 Å². The lowest BCUT2D eigenvalue weighted by Crippen LogP contribution is -2.48. The Morgan fingerprint density at radius 2 is 1.96 bits per heavy atom. The highest BCUT2D eigenvalue weighted by Crippen LogP contribution is 2.37. The zero-order valence-corrected chi connectivity index (χ0v) is 13.9. The van der Waals surface area contributed by atoms with Crippen LogP contribution in [-0.4, -0.2) is 46.2 Å². The number of amides is 1. The molecule has 0 spiro atoms. The third-order valence-corrected chi connectivity index (χ3v) is 5.04. The number of fused-ring (bicyclic) bond motifs is 1. The standard InChI is InChI=1S/C17H26N4O2/c1-3-4-12-7-18-17(19-8-12)21-9-13-5-15(20-11(2)22)16(23)6-14(13)10-21/h7-8,13-16,23H,3-6,9-10H2,1-2H3,(H,20,22)/t13-,14+,15-,16-/m1/s1. The van der Waals surface area contributed by atoms with E-state index in [4.69, 9.17) is 0 Å². The summed E-state index contributed by atoms with van der Waals surface area (Å²) >= 11 is 0. The first-order chi connectivity index (χ1) is 11.1. The van der Waals surface area contributed by atoms with Gasteiger partial charge in [-0.15, -0.1) is 0 Å². The zero-order chi connectivity index (χ0) is 16.4. The average molecular weight is 318 g/mol. The van der Waals surface area contributed by atoms with Gasteiger partial charge in [0.2, 0.25) is 11.9 Å². The summed E-state index contributed by atoms with van der Waals surface area (Å²) in [5, 5.41) is 13.1. The second-order valence-corrected chi connectivity index (χ2v) is 6.91. The van der Waals surface area contributed by atoms with Crippen molar-refractivity contribution in [1.82, 2.24) is 15.3 Å². The number of hydrogen-bond acceptors (Lipinski definition) is 5. The Labute approximate surface area is 137 Å². The van der Waals surface area contributed by atoms with E-state index in [0.29, 0.717) is 11.8 Å². The number of nitrogens with zero attached hydrogens (tertiary/aromatic N) is 3. The third-order valence-electron chi connectivity index (χ3n) is 5.04. The highest BCUT2D eigenvalue weighted by atomic mass is 16.3. The van der Waals surface area contributed by atoms with E-state index in [1.807, 2.05) is 12.4 Å². The Balaban J connectivity index is 1.64. The van der Waals surface area contributed by atoms with Crippen molar-refractivity contribution in [2.24, 2.45) is 11.8 Å². The fourth-order valence-electron chi connectivity index (χ4n) is 3.94. The number of aliphatic hydroxyl groups excluding tert-OH is 1. The molecule has 0 radical (unpaired) electrons. The van der Waals surface area contributed by atoms with Crippen molar-refractivity contribution in [3.8, 4) is 0 Å². The quantitative estimate of drug-likeness (QED) is 0.870. The number of hydrogen-bond donors (Lipinski definition) is 2. The molecule has 2 aliphatic rings. The maximum Gasteiger partial charge on any atom is 0.225 e. The maximum absolute atomic E-state index is 11.3. The first-order valence-corrected chi connectivity index (χ1v) is 8.57. The minimum atomic E-state index is -0.451. The summed E-state index contributed by atoms with van der Waals surface area (Å²) in [6.45, 7) is 5.45. The Morgan fingerprint density at radius 3 is 2.57 bits per heavy atom. The molecule has 1 aromatic rings. The summed E-state index contributed by atoms with van der Waals surface area (Å²) in [5.41, 5.74) is 1.18. The summed E-state index contributed by atoms with van der Waals surface area (Å²) in [6, 6.07) is -0.124. The molecule has 1 amide bonds. The SMILES string of the molecule is CCCc1cnc(N2C[C@H]3C[C@@H](NC(C)=O)[C@H](O)C[C@H]3C2)nc1. The van der Waals surface area contributed by atoms with Gasteiger partial charge in [0.15, 0.2) is 0 Å². The molecule has 23 heavy (non-hydrogen) atoms. The van der Waals surface area contributed by atoms with E-state index in [0.717, 1.165) is 44.7 Å². The summed E-state index contributed by atoms with van der Waals surface area (Å²) in [5.74, 6) is 1.64. The van der Waals surface area contributed by atoms with Crippen LogP contribution in [0, 0.1) is 11.8 Å². The molecule has 2 fully saturated rings. The number of aromatic nitrogens is 2. The lowest BCUT2D eigenvalue weighted by molar-refractivity contribution is -0.121. The van der Waals surface area contributed by atoms with Crippen LogP contribution in [0.25, 0.3) is 0 Å². The number of anilines is 1. The molecule has 1 aromatic heterocycles. The van der Waals surface area contributed by atoms with Gasteiger partial charge in [-0.2, -0.15) is 0 Å². The molecule has 1 aliphatic heterocycles. The minimum Gasteiger partial charge on any atom is -0.391 e. The van der Waals surface area contributed by atoms with Crippen LogP contribution >= 0.6 is 0 Å². The molecule has 1 saturated carbocycles. The summed E-state index contributed by atoms with van der Waals surface area (Å²) in [4.78, 5) is 22.5. The van der Waals surface area contributed by atoms with Crippen LogP contribution in [0.4, 0.5) is 5.95 Å². The maximum atomic E-state index is 11.3. The van der Waals surface area contributed by atoms with Gasteiger partial charge in [-0.3, -0.25) is 4.79 Å². The predicted octanol–water partition coefficient (Wildman–Crippen LogP) is 1.14. The van der Waals surface area contributed by atoms with Gasteiger partial charge < -0.3 is 15.3 Å². The van der Waals surface area contributed by atoms with E-state index in [-0.39, 0.29) is 11.9 Å². The first-order valence-electron chi connectivity index (χ1n) is 8.57. The Morgan fingerprint density at radius 1 is 1.30 bits per heavy atom. The van der Waals surface area contributed by atoms with Crippen molar-refractivity contribution in [3.05, 3.63) is 18.0 Å². The highest BCUT2D eigenvalue weighted by Gasteiger charge is 2.42. The second kappa shape index (κ2) is 6.83. The molecule has 1 saturated heterocycles. The van der Waals surface area contributed by atoms with Gasteiger partial charge in [-0.1, -0.05) is 13.3 Å². The molecular weight excluding hydrogens is 292 g/mol. The van der Waals surface area contributed by atoms with E-state index in [9.17, 15) is 9.90 Å². The van der Waals surface area contributed by atoms with Gasteiger partial charge in [-0.25, -0.2) is 9.97 Å². The van der Waals surface area contributed by atoms with Crippen molar-refractivity contribution in [2.45, 2.75) is 51.7 Å². The van der Waals surface area contributed by atoms with E-state index in [1.54, 1.807) is 0 Å². The number of nitrogens with one attached hydrogen (secondary N) is 1. The highest BCUT2D eigenvalue weighted by molar-refractivity contribution is 5.73. The van der Waals surface area contributed by atoms with Crippen LogP contribution in [0.15, 0.2) is 12.4 Å².